The molecule has 0 saturated heterocycles. The highest BCUT2D eigenvalue weighted by Gasteiger charge is 2.34. The lowest BCUT2D eigenvalue weighted by atomic mass is 9.80. The Labute approximate surface area is 107 Å². The summed E-state index contributed by atoms with van der Waals surface area (Å²) in [6.07, 6.45) is 1.71. The van der Waals surface area contributed by atoms with Crippen LogP contribution in [0.4, 0.5) is 0 Å². The average Bonchev–Trinajstić information content (AvgIpc) is 2.11. The van der Waals surface area contributed by atoms with Gasteiger partial charge in [0.15, 0.2) is 0 Å². The summed E-state index contributed by atoms with van der Waals surface area (Å²) < 4.78 is 0. The SMILES string of the molecule is CCC(C)(CN)C(=O)NC(C)(C)CC(C)(C)C. The van der Waals surface area contributed by atoms with Crippen LogP contribution in [0.2, 0.25) is 0 Å². The monoisotopic (exact) mass is 242 g/mol. The van der Waals surface area contributed by atoms with Gasteiger partial charge < -0.3 is 11.1 Å². The third-order valence-electron chi connectivity index (χ3n) is 3.20. The summed E-state index contributed by atoms with van der Waals surface area (Å²) in [4.78, 5) is 12.2. The summed E-state index contributed by atoms with van der Waals surface area (Å²) >= 11 is 0. The molecule has 102 valence electrons. The molecule has 0 aliphatic heterocycles. The van der Waals surface area contributed by atoms with Crippen molar-refractivity contribution in [2.75, 3.05) is 6.54 Å². The lowest BCUT2D eigenvalue weighted by Crippen LogP contribution is -2.53. The summed E-state index contributed by atoms with van der Waals surface area (Å²) in [5.41, 5.74) is 5.26. The quantitative estimate of drug-likeness (QED) is 0.779. The molecule has 3 heteroatoms. The molecule has 0 aromatic rings. The highest BCUT2D eigenvalue weighted by Crippen LogP contribution is 2.28. The zero-order chi connectivity index (χ0) is 13.9. The summed E-state index contributed by atoms with van der Waals surface area (Å²) in [6.45, 7) is 15.0. The van der Waals surface area contributed by atoms with Crippen molar-refractivity contribution < 1.29 is 4.79 Å². The van der Waals surface area contributed by atoms with Gasteiger partial charge in [0.05, 0.1) is 5.41 Å². The molecule has 3 nitrogen and oxygen atoms in total. The van der Waals surface area contributed by atoms with E-state index < -0.39 is 5.41 Å². The molecule has 0 aromatic carbocycles. The van der Waals surface area contributed by atoms with Crippen LogP contribution in [0.25, 0.3) is 0 Å². The molecule has 3 N–H and O–H groups in total. The highest BCUT2D eigenvalue weighted by molar-refractivity contribution is 5.83. The maximum Gasteiger partial charge on any atom is 0.227 e. The molecule has 1 amide bonds. The van der Waals surface area contributed by atoms with Crippen LogP contribution in [-0.4, -0.2) is 18.0 Å². The van der Waals surface area contributed by atoms with Gasteiger partial charge in [0.1, 0.15) is 0 Å². The predicted molar refractivity (Wildman–Crippen MR) is 73.7 cm³/mol. The van der Waals surface area contributed by atoms with Crippen molar-refractivity contribution in [2.24, 2.45) is 16.6 Å². The van der Waals surface area contributed by atoms with Crippen molar-refractivity contribution in [1.82, 2.24) is 5.32 Å². The van der Waals surface area contributed by atoms with Crippen LogP contribution in [0.1, 0.15) is 61.3 Å². The number of nitrogens with two attached hydrogens (primary N) is 1. The van der Waals surface area contributed by atoms with E-state index in [2.05, 4.69) is 39.9 Å². The van der Waals surface area contributed by atoms with Crippen molar-refractivity contribution in [1.29, 1.82) is 0 Å². The van der Waals surface area contributed by atoms with E-state index in [1.165, 1.54) is 0 Å². The Hall–Kier alpha value is -0.570. The van der Waals surface area contributed by atoms with Crippen molar-refractivity contribution in [2.45, 2.75) is 66.8 Å². The van der Waals surface area contributed by atoms with E-state index in [4.69, 9.17) is 5.73 Å². The number of nitrogens with one attached hydrogen (secondary N) is 1. The number of carbonyl (C=O) groups is 1. The smallest absolute Gasteiger partial charge is 0.227 e. The Kier molecular flexibility index (Phi) is 5.20. The molecule has 0 radical (unpaired) electrons. The summed E-state index contributed by atoms with van der Waals surface area (Å²) in [7, 11) is 0. The first-order valence-corrected chi connectivity index (χ1v) is 6.48. The number of hydrogen-bond acceptors (Lipinski definition) is 2. The third-order valence-corrected chi connectivity index (χ3v) is 3.20. The van der Waals surface area contributed by atoms with E-state index in [1.807, 2.05) is 13.8 Å². The van der Waals surface area contributed by atoms with Crippen LogP contribution in [-0.2, 0) is 4.79 Å². The first kappa shape index (κ1) is 16.4. The Morgan fingerprint density at radius 3 is 1.88 bits per heavy atom. The Morgan fingerprint density at radius 1 is 1.12 bits per heavy atom. The van der Waals surface area contributed by atoms with Crippen molar-refractivity contribution in [3.63, 3.8) is 0 Å². The van der Waals surface area contributed by atoms with Gasteiger partial charge in [0, 0.05) is 12.1 Å². The third kappa shape index (κ3) is 5.53. The molecule has 0 aliphatic rings. The van der Waals surface area contributed by atoms with Crippen LogP contribution < -0.4 is 11.1 Å². The van der Waals surface area contributed by atoms with Gasteiger partial charge in [-0.2, -0.15) is 0 Å². The van der Waals surface area contributed by atoms with Gasteiger partial charge in [0.2, 0.25) is 5.91 Å². The fourth-order valence-electron chi connectivity index (χ4n) is 2.23. The number of carbonyl (C=O) groups excluding carboxylic acids is 1. The molecule has 0 heterocycles. The van der Waals surface area contributed by atoms with Crippen LogP contribution in [0, 0.1) is 10.8 Å². The molecule has 0 aromatic heterocycles. The summed E-state index contributed by atoms with van der Waals surface area (Å²) in [5.74, 6) is 0.0664. The molecule has 0 saturated carbocycles. The van der Waals surface area contributed by atoms with E-state index in [9.17, 15) is 4.79 Å². The van der Waals surface area contributed by atoms with Crippen molar-refractivity contribution in [3.05, 3.63) is 0 Å². The lowest BCUT2D eigenvalue weighted by molar-refractivity contribution is -0.131. The fraction of sp³-hybridized carbons (Fsp3) is 0.929. The van der Waals surface area contributed by atoms with Gasteiger partial charge in [-0.25, -0.2) is 0 Å². The molecule has 0 rings (SSSR count). The molecule has 0 fully saturated rings. The minimum Gasteiger partial charge on any atom is -0.351 e. The van der Waals surface area contributed by atoms with Gasteiger partial charge in [-0.05, 0) is 39.0 Å². The average molecular weight is 242 g/mol. The second-order valence-electron chi connectivity index (χ2n) is 7.19. The molecular weight excluding hydrogens is 212 g/mol. The van der Waals surface area contributed by atoms with Crippen molar-refractivity contribution in [3.8, 4) is 0 Å². The minimum atomic E-state index is -0.449. The number of hydrogen-bond donors (Lipinski definition) is 2. The second-order valence-corrected chi connectivity index (χ2v) is 7.19. The maximum absolute atomic E-state index is 12.2. The van der Waals surface area contributed by atoms with E-state index in [0.717, 1.165) is 12.8 Å². The molecular formula is C14H30N2O. The van der Waals surface area contributed by atoms with Gasteiger partial charge in [-0.15, -0.1) is 0 Å². The Morgan fingerprint density at radius 2 is 1.59 bits per heavy atom. The molecule has 1 atom stereocenters. The van der Waals surface area contributed by atoms with E-state index in [1.54, 1.807) is 0 Å². The van der Waals surface area contributed by atoms with Crippen LogP contribution in [0.15, 0.2) is 0 Å². The summed E-state index contributed by atoms with van der Waals surface area (Å²) in [6, 6.07) is 0. The lowest BCUT2D eigenvalue weighted by Gasteiger charge is -2.36. The largest absolute Gasteiger partial charge is 0.351 e. The second kappa shape index (κ2) is 5.38. The van der Waals surface area contributed by atoms with Crippen LogP contribution in [0.5, 0.6) is 0 Å². The van der Waals surface area contributed by atoms with Gasteiger partial charge in [-0.1, -0.05) is 27.7 Å². The first-order chi connectivity index (χ1) is 7.46. The summed E-state index contributed by atoms with van der Waals surface area (Å²) in [5, 5.41) is 3.14. The first-order valence-electron chi connectivity index (χ1n) is 6.48. The number of rotatable bonds is 5. The fourth-order valence-corrected chi connectivity index (χ4v) is 2.23. The van der Waals surface area contributed by atoms with Crippen molar-refractivity contribution >= 4 is 5.91 Å². The number of amides is 1. The maximum atomic E-state index is 12.2. The van der Waals surface area contributed by atoms with Gasteiger partial charge in [0.25, 0.3) is 0 Å². The zero-order valence-corrected chi connectivity index (χ0v) is 12.6. The Balaban J connectivity index is 4.67. The minimum absolute atomic E-state index is 0.0664. The molecule has 1 unspecified atom stereocenters. The van der Waals surface area contributed by atoms with E-state index in [0.29, 0.717) is 6.54 Å². The van der Waals surface area contributed by atoms with E-state index >= 15 is 0 Å². The van der Waals surface area contributed by atoms with Gasteiger partial charge >= 0.3 is 0 Å². The molecule has 0 spiro atoms. The molecule has 0 aliphatic carbocycles. The molecule has 17 heavy (non-hydrogen) atoms. The highest BCUT2D eigenvalue weighted by atomic mass is 16.2. The standard InChI is InChI=1S/C14H30N2O/c1-8-14(7,10-15)11(17)16-13(5,6)9-12(2,3)4/h8-10,15H2,1-7H3,(H,16,17). The Bertz CT molecular complexity index is 260. The van der Waals surface area contributed by atoms with E-state index in [-0.39, 0.29) is 16.9 Å². The normalized spacial score (nSPS) is 16.5. The molecule has 0 bridgehead atoms. The topological polar surface area (TPSA) is 55.1 Å². The van der Waals surface area contributed by atoms with Crippen LogP contribution in [0.3, 0.4) is 0 Å². The zero-order valence-electron chi connectivity index (χ0n) is 12.6. The van der Waals surface area contributed by atoms with Gasteiger partial charge in [-0.3, -0.25) is 4.79 Å². The van der Waals surface area contributed by atoms with Crippen LogP contribution >= 0.6 is 0 Å². The predicted octanol–water partition coefficient (Wildman–Crippen LogP) is 2.69.